The van der Waals surface area contributed by atoms with E-state index in [4.69, 9.17) is 0 Å². The molecule has 3 rings (SSSR count). The number of hydrogen-bond donors (Lipinski definition) is 2. The summed E-state index contributed by atoms with van der Waals surface area (Å²) in [6.45, 7) is 0.885. The van der Waals surface area contributed by atoms with Gasteiger partial charge in [-0.3, -0.25) is 4.90 Å². The summed E-state index contributed by atoms with van der Waals surface area (Å²) in [7, 11) is 1.96. The molecule has 0 aliphatic carbocycles. The van der Waals surface area contributed by atoms with Crippen molar-refractivity contribution in [3.05, 3.63) is 41.9 Å². The molecule has 100 valence electrons. The molecule has 0 saturated heterocycles. The van der Waals surface area contributed by atoms with Gasteiger partial charge in [0.2, 0.25) is 0 Å². The number of aromatic amines is 1. The Labute approximate surface area is 111 Å². The van der Waals surface area contributed by atoms with E-state index in [1.807, 2.05) is 25.4 Å². The monoisotopic (exact) mass is 260 g/mol. The average molecular weight is 260 g/mol. The molecule has 0 fully saturated rings. The number of aromatic nitrogens is 1. The second-order valence-electron chi connectivity index (χ2n) is 4.99. The number of H-pyrrole nitrogens is 1. The third-order valence-corrected chi connectivity index (χ3v) is 3.88. The summed E-state index contributed by atoms with van der Waals surface area (Å²) >= 11 is 0. The highest BCUT2D eigenvalue weighted by Crippen LogP contribution is 2.32. The molecular formula is C15H17FN2O. The lowest BCUT2D eigenvalue weighted by molar-refractivity contribution is 0.179. The van der Waals surface area contributed by atoms with Gasteiger partial charge in [-0.2, -0.15) is 0 Å². The maximum atomic E-state index is 14.3. The van der Waals surface area contributed by atoms with Crippen LogP contribution in [0.2, 0.25) is 0 Å². The zero-order valence-corrected chi connectivity index (χ0v) is 10.9. The van der Waals surface area contributed by atoms with Gasteiger partial charge >= 0.3 is 0 Å². The number of likely N-dealkylation sites (N-methyl/N-ethyl adjacent to an activating group) is 1. The Morgan fingerprint density at radius 2 is 2.26 bits per heavy atom. The number of fused-ring (bicyclic) bond motifs is 1. The normalized spacial score (nSPS) is 20.8. The van der Waals surface area contributed by atoms with Gasteiger partial charge in [0.05, 0.1) is 18.2 Å². The molecule has 1 aromatic heterocycles. The topological polar surface area (TPSA) is 39.3 Å². The summed E-state index contributed by atoms with van der Waals surface area (Å²) in [6, 6.07) is 5.05. The van der Waals surface area contributed by atoms with Crippen molar-refractivity contribution < 1.29 is 9.50 Å². The van der Waals surface area contributed by atoms with Crippen molar-refractivity contribution in [2.75, 3.05) is 20.2 Å². The van der Waals surface area contributed by atoms with Gasteiger partial charge in [-0.15, -0.1) is 0 Å². The zero-order valence-electron chi connectivity index (χ0n) is 10.9. The van der Waals surface area contributed by atoms with E-state index in [9.17, 15) is 9.50 Å². The fourth-order valence-corrected chi connectivity index (χ4v) is 2.84. The van der Waals surface area contributed by atoms with Crippen molar-refractivity contribution in [3.8, 4) is 0 Å². The Bertz CT molecular complexity index is 632. The largest absolute Gasteiger partial charge is 0.394 e. The number of hydrogen-bond acceptors (Lipinski definition) is 2. The van der Waals surface area contributed by atoms with Gasteiger partial charge in [0, 0.05) is 23.7 Å². The summed E-state index contributed by atoms with van der Waals surface area (Å²) in [5, 5.41) is 10.6. The zero-order chi connectivity index (χ0) is 13.4. The second kappa shape index (κ2) is 4.79. The van der Waals surface area contributed by atoms with Crippen LogP contribution in [0.25, 0.3) is 16.5 Å². The maximum absolute atomic E-state index is 14.3. The first-order valence-corrected chi connectivity index (χ1v) is 6.49. The summed E-state index contributed by atoms with van der Waals surface area (Å²) in [5.41, 5.74) is 2.27. The van der Waals surface area contributed by atoms with E-state index in [0.717, 1.165) is 29.4 Å². The maximum Gasteiger partial charge on any atom is 0.132 e. The minimum atomic E-state index is -0.241. The smallest absolute Gasteiger partial charge is 0.132 e. The van der Waals surface area contributed by atoms with E-state index in [-0.39, 0.29) is 18.5 Å². The first-order chi connectivity index (χ1) is 9.22. The van der Waals surface area contributed by atoms with Crippen LogP contribution in [0.4, 0.5) is 4.39 Å². The van der Waals surface area contributed by atoms with E-state index in [0.29, 0.717) is 5.56 Å². The third-order valence-electron chi connectivity index (χ3n) is 3.88. The number of aliphatic hydroxyl groups is 1. The number of rotatable bonds is 2. The predicted molar refractivity (Wildman–Crippen MR) is 74.4 cm³/mol. The lowest BCUT2D eigenvalue weighted by Gasteiger charge is -2.32. The van der Waals surface area contributed by atoms with Crippen molar-refractivity contribution in [3.63, 3.8) is 0 Å². The first-order valence-electron chi connectivity index (χ1n) is 6.49. The van der Waals surface area contributed by atoms with Crippen LogP contribution in [0.1, 0.15) is 12.0 Å². The molecule has 3 nitrogen and oxygen atoms in total. The molecule has 1 aliphatic rings. The van der Waals surface area contributed by atoms with Crippen molar-refractivity contribution in [2.45, 2.75) is 12.5 Å². The molecule has 1 aliphatic heterocycles. The third kappa shape index (κ3) is 1.97. The van der Waals surface area contributed by atoms with Crippen LogP contribution in [-0.2, 0) is 0 Å². The summed E-state index contributed by atoms with van der Waals surface area (Å²) in [6.07, 6.45) is 4.73. The lowest BCUT2D eigenvalue weighted by atomic mass is 9.92. The fraction of sp³-hybridized carbons (Fsp3) is 0.333. The fourth-order valence-electron chi connectivity index (χ4n) is 2.84. The second-order valence-corrected chi connectivity index (χ2v) is 4.99. The number of halogens is 1. The molecule has 2 N–H and O–H groups in total. The van der Waals surface area contributed by atoms with Crippen LogP contribution in [0.3, 0.4) is 0 Å². The highest BCUT2D eigenvalue weighted by molar-refractivity contribution is 5.93. The molecule has 1 unspecified atom stereocenters. The van der Waals surface area contributed by atoms with Crippen molar-refractivity contribution in [1.29, 1.82) is 0 Å². The SMILES string of the molecule is CN1CCC=C(c2c(F)ccc3cc[nH]c23)C1CO. The van der Waals surface area contributed by atoms with Crippen molar-refractivity contribution in [1.82, 2.24) is 9.88 Å². The van der Waals surface area contributed by atoms with E-state index in [2.05, 4.69) is 9.88 Å². The summed E-state index contributed by atoms with van der Waals surface area (Å²) < 4.78 is 14.3. The molecule has 0 spiro atoms. The number of aliphatic hydroxyl groups excluding tert-OH is 1. The summed E-state index contributed by atoms with van der Waals surface area (Å²) in [4.78, 5) is 5.17. The standard InChI is InChI=1S/C15H17FN2O/c1-18-8-2-3-11(13(18)9-19)14-12(16)5-4-10-6-7-17-15(10)14/h3-7,13,17,19H,2,8-9H2,1H3. The molecule has 1 atom stereocenters. The molecule has 0 saturated carbocycles. The van der Waals surface area contributed by atoms with E-state index in [1.54, 1.807) is 6.07 Å². The highest BCUT2D eigenvalue weighted by Gasteiger charge is 2.26. The Kier molecular flexibility index (Phi) is 3.12. The van der Waals surface area contributed by atoms with Gasteiger partial charge in [0.15, 0.2) is 0 Å². The number of nitrogens with one attached hydrogen (secondary N) is 1. The van der Waals surface area contributed by atoms with Gasteiger partial charge in [-0.05, 0) is 37.2 Å². The molecule has 4 heteroatoms. The number of nitrogens with zero attached hydrogens (tertiary/aromatic N) is 1. The summed E-state index contributed by atoms with van der Waals surface area (Å²) in [5.74, 6) is -0.241. The van der Waals surface area contributed by atoms with Crippen molar-refractivity contribution in [2.24, 2.45) is 0 Å². The van der Waals surface area contributed by atoms with Gasteiger partial charge in [0.1, 0.15) is 5.82 Å². The van der Waals surface area contributed by atoms with Crippen LogP contribution >= 0.6 is 0 Å². The van der Waals surface area contributed by atoms with Gasteiger partial charge in [-0.25, -0.2) is 4.39 Å². The van der Waals surface area contributed by atoms with Gasteiger partial charge in [0.25, 0.3) is 0 Å². The Balaban J connectivity index is 2.20. The quantitative estimate of drug-likeness (QED) is 0.870. The van der Waals surface area contributed by atoms with Crippen LogP contribution in [-0.4, -0.2) is 41.2 Å². The molecule has 1 aromatic carbocycles. The minimum absolute atomic E-state index is 0.00112. The predicted octanol–water partition coefficient (Wildman–Crippen LogP) is 2.39. The molecule has 0 radical (unpaired) electrons. The molecule has 0 bridgehead atoms. The molecule has 0 amide bonds. The van der Waals surface area contributed by atoms with Crippen LogP contribution < -0.4 is 0 Å². The lowest BCUT2D eigenvalue weighted by Crippen LogP contribution is -2.39. The first kappa shape index (κ1) is 12.4. The molecular weight excluding hydrogens is 243 g/mol. The molecule has 2 aromatic rings. The van der Waals surface area contributed by atoms with Crippen LogP contribution in [0.5, 0.6) is 0 Å². The van der Waals surface area contributed by atoms with Crippen molar-refractivity contribution >= 4 is 16.5 Å². The van der Waals surface area contributed by atoms with Crippen LogP contribution in [0, 0.1) is 5.82 Å². The Morgan fingerprint density at radius 1 is 1.42 bits per heavy atom. The number of benzene rings is 1. The highest BCUT2D eigenvalue weighted by atomic mass is 19.1. The average Bonchev–Trinajstić information content (AvgIpc) is 2.86. The molecule has 2 heterocycles. The van der Waals surface area contributed by atoms with E-state index in [1.165, 1.54) is 6.07 Å². The van der Waals surface area contributed by atoms with Crippen LogP contribution in [0.15, 0.2) is 30.5 Å². The van der Waals surface area contributed by atoms with Gasteiger partial charge in [-0.1, -0.05) is 6.08 Å². The van der Waals surface area contributed by atoms with Gasteiger partial charge < -0.3 is 10.1 Å². The minimum Gasteiger partial charge on any atom is -0.394 e. The Hall–Kier alpha value is -1.65. The Morgan fingerprint density at radius 3 is 3.05 bits per heavy atom. The van der Waals surface area contributed by atoms with E-state index < -0.39 is 0 Å². The van der Waals surface area contributed by atoms with E-state index >= 15 is 0 Å². The molecule has 19 heavy (non-hydrogen) atoms.